The lowest BCUT2D eigenvalue weighted by molar-refractivity contribution is -0.148. The molecule has 0 radical (unpaired) electrons. The number of fused-ring (bicyclic) bond motifs is 1. The lowest BCUT2D eigenvalue weighted by atomic mass is 10.0. The van der Waals surface area contributed by atoms with E-state index in [1.165, 1.54) is 0 Å². The molecule has 0 N–H and O–H groups in total. The van der Waals surface area contributed by atoms with Gasteiger partial charge in [0.25, 0.3) is 0 Å². The molecule has 1 unspecified atom stereocenters. The number of hydrogen-bond acceptors (Lipinski definition) is 4. The smallest absolute Gasteiger partial charge is 0.309 e. The molecule has 6 heteroatoms. The van der Waals surface area contributed by atoms with Gasteiger partial charge >= 0.3 is 5.97 Å². The van der Waals surface area contributed by atoms with Crippen LogP contribution in [0.4, 0.5) is 0 Å². The molecule has 0 aliphatic rings. The van der Waals surface area contributed by atoms with Gasteiger partial charge in [-0.2, -0.15) is 0 Å². The largest absolute Gasteiger partial charge is 0.466 e. The fraction of sp³-hybridized carbons (Fsp3) is 0.400. The average Bonchev–Trinajstić information content (AvgIpc) is 2.45. The first-order valence-corrected chi connectivity index (χ1v) is 8.00. The van der Waals surface area contributed by atoms with Gasteiger partial charge in [0, 0.05) is 10.9 Å². The molecule has 1 atom stereocenters. The minimum absolute atomic E-state index is 0.216. The molecule has 0 bridgehead atoms. The maximum Gasteiger partial charge on any atom is 0.309 e. The van der Waals surface area contributed by atoms with Gasteiger partial charge in [-0.05, 0) is 31.5 Å². The van der Waals surface area contributed by atoms with Crippen LogP contribution >= 0.6 is 27.5 Å². The van der Waals surface area contributed by atoms with Crippen LogP contribution < -0.4 is 0 Å². The van der Waals surface area contributed by atoms with E-state index in [9.17, 15) is 4.79 Å². The Bertz CT molecular complexity index is 663. The lowest BCUT2D eigenvalue weighted by Crippen LogP contribution is -2.20. The van der Waals surface area contributed by atoms with E-state index in [4.69, 9.17) is 16.3 Å². The minimum Gasteiger partial charge on any atom is -0.466 e. The van der Waals surface area contributed by atoms with Crippen molar-refractivity contribution in [2.45, 2.75) is 26.7 Å². The molecular formula is C15H16BrClN2O2. The summed E-state index contributed by atoms with van der Waals surface area (Å²) >= 11 is 9.60. The van der Waals surface area contributed by atoms with Crippen LogP contribution in [0.1, 0.15) is 26.0 Å². The molecule has 0 aliphatic carbocycles. The number of hydrogen-bond donors (Lipinski definition) is 0. The number of aromatic nitrogens is 2. The maximum atomic E-state index is 11.9. The summed E-state index contributed by atoms with van der Waals surface area (Å²) in [4.78, 5) is 20.8. The third kappa shape index (κ3) is 3.92. The van der Waals surface area contributed by atoms with Crippen molar-refractivity contribution in [2.75, 3.05) is 6.61 Å². The first-order valence-electron chi connectivity index (χ1n) is 6.83. The molecule has 0 spiro atoms. The maximum absolute atomic E-state index is 11.9. The number of benzene rings is 1. The van der Waals surface area contributed by atoms with Crippen molar-refractivity contribution in [3.05, 3.63) is 33.5 Å². The van der Waals surface area contributed by atoms with E-state index in [-0.39, 0.29) is 11.9 Å². The Kier molecular flexibility index (Phi) is 5.53. The normalized spacial score (nSPS) is 12.4. The van der Waals surface area contributed by atoms with Gasteiger partial charge in [-0.1, -0.05) is 34.5 Å². The molecule has 112 valence electrons. The highest BCUT2D eigenvalue weighted by Crippen LogP contribution is 2.23. The van der Waals surface area contributed by atoms with E-state index in [1.54, 1.807) is 6.92 Å². The summed E-state index contributed by atoms with van der Waals surface area (Å²) < 4.78 is 6.00. The number of carbonyl (C=O) groups is 1. The van der Waals surface area contributed by atoms with Gasteiger partial charge in [-0.15, -0.1) is 0 Å². The molecule has 1 heterocycles. The van der Waals surface area contributed by atoms with Crippen LogP contribution in [0.25, 0.3) is 11.0 Å². The second-order valence-electron chi connectivity index (χ2n) is 4.66. The molecule has 1 aromatic carbocycles. The third-order valence-electron chi connectivity index (χ3n) is 3.20. The number of rotatable bonds is 5. The van der Waals surface area contributed by atoms with E-state index in [0.29, 0.717) is 30.3 Å². The van der Waals surface area contributed by atoms with Crippen molar-refractivity contribution in [3.8, 4) is 0 Å². The molecule has 0 aliphatic heterocycles. The van der Waals surface area contributed by atoms with E-state index in [1.807, 2.05) is 25.1 Å². The van der Waals surface area contributed by atoms with E-state index in [0.717, 1.165) is 15.5 Å². The highest BCUT2D eigenvalue weighted by molar-refractivity contribution is 9.10. The van der Waals surface area contributed by atoms with Crippen molar-refractivity contribution in [2.24, 2.45) is 5.92 Å². The molecule has 0 fully saturated rings. The molecule has 0 saturated carbocycles. The van der Waals surface area contributed by atoms with Crippen LogP contribution in [0.5, 0.6) is 0 Å². The van der Waals surface area contributed by atoms with Gasteiger partial charge in [-0.3, -0.25) is 4.79 Å². The topological polar surface area (TPSA) is 52.1 Å². The Morgan fingerprint density at radius 1 is 1.33 bits per heavy atom. The Hall–Kier alpha value is -1.20. The minimum atomic E-state index is -0.249. The number of nitrogens with zero attached hydrogens (tertiary/aromatic N) is 2. The second-order valence-corrected chi connectivity index (χ2v) is 5.93. The second kappa shape index (κ2) is 7.18. The summed E-state index contributed by atoms with van der Waals surface area (Å²) in [6.07, 6.45) is 1.11. The Morgan fingerprint density at radius 3 is 2.76 bits per heavy atom. The number of carbonyl (C=O) groups excluding carboxylic acids is 1. The average molecular weight is 372 g/mol. The Balaban J connectivity index is 2.32. The van der Waals surface area contributed by atoms with Crippen molar-refractivity contribution in [1.82, 2.24) is 9.97 Å². The van der Waals surface area contributed by atoms with Crippen molar-refractivity contribution in [3.63, 3.8) is 0 Å². The first-order chi connectivity index (χ1) is 10.0. The van der Waals surface area contributed by atoms with Crippen LogP contribution in [0, 0.1) is 5.92 Å². The quantitative estimate of drug-likeness (QED) is 0.740. The third-order valence-corrected chi connectivity index (χ3v) is 4.00. The molecule has 2 aromatic rings. The van der Waals surface area contributed by atoms with Gasteiger partial charge < -0.3 is 4.74 Å². The van der Waals surface area contributed by atoms with Gasteiger partial charge in [0.15, 0.2) is 5.15 Å². The summed E-state index contributed by atoms with van der Waals surface area (Å²) in [6.45, 7) is 4.12. The van der Waals surface area contributed by atoms with Gasteiger partial charge in [0.05, 0.1) is 29.3 Å². The van der Waals surface area contributed by atoms with Gasteiger partial charge in [-0.25, -0.2) is 9.97 Å². The fourth-order valence-electron chi connectivity index (χ4n) is 2.06. The van der Waals surface area contributed by atoms with Crippen LogP contribution in [0.2, 0.25) is 5.15 Å². The highest BCUT2D eigenvalue weighted by atomic mass is 79.9. The SMILES string of the molecule is CCOC(=O)C(CC)Cc1nc2cc(Br)ccc2nc1Cl. The molecule has 21 heavy (non-hydrogen) atoms. The Morgan fingerprint density at radius 2 is 2.10 bits per heavy atom. The van der Waals surface area contributed by atoms with E-state index in [2.05, 4.69) is 25.9 Å². The van der Waals surface area contributed by atoms with Gasteiger partial charge in [0.1, 0.15) is 0 Å². The van der Waals surface area contributed by atoms with E-state index >= 15 is 0 Å². The molecule has 0 saturated heterocycles. The van der Waals surface area contributed by atoms with Crippen LogP contribution in [0.15, 0.2) is 22.7 Å². The highest BCUT2D eigenvalue weighted by Gasteiger charge is 2.21. The zero-order valence-electron chi connectivity index (χ0n) is 11.9. The van der Waals surface area contributed by atoms with Crippen LogP contribution in [-0.4, -0.2) is 22.5 Å². The van der Waals surface area contributed by atoms with Crippen molar-refractivity contribution in [1.29, 1.82) is 0 Å². The summed E-state index contributed by atoms with van der Waals surface area (Å²) in [5.41, 5.74) is 2.11. The van der Waals surface area contributed by atoms with Crippen molar-refractivity contribution >= 4 is 44.5 Å². The van der Waals surface area contributed by atoms with Gasteiger partial charge in [0.2, 0.25) is 0 Å². The molecular weight excluding hydrogens is 356 g/mol. The zero-order valence-corrected chi connectivity index (χ0v) is 14.2. The standard InChI is InChI=1S/C15H16BrClN2O2/c1-3-9(15(20)21-4-2)7-13-14(17)19-11-6-5-10(16)8-12(11)18-13/h5-6,8-9H,3-4,7H2,1-2H3. The molecule has 1 aromatic heterocycles. The predicted molar refractivity (Wildman–Crippen MR) is 86.4 cm³/mol. The first kappa shape index (κ1) is 16.2. The molecule has 0 amide bonds. The Labute approximate surface area is 137 Å². The number of halogens is 2. The summed E-state index contributed by atoms with van der Waals surface area (Å²) in [6, 6.07) is 5.62. The summed E-state index contributed by atoms with van der Waals surface area (Å²) in [5, 5.41) is 0.340. The molecule has 4 nitrogen and oxygen atoms in total. The molecule has 2 rings (SSSR count). The summed E-state index contributed by atoms with van der Waals surface area (Å²) in [7, 11) is 0. The number of ether oxygens (including phenoxy) is 1. The van der Waals surface area contributed by atoms with Crippen molar-refractivity contribution < 1.29 is 9.53 Å². The monoisotopic (exact) mass is 370 g/mol. The number of esters is 1. The fourth-order valence-corrected chi connectivity index (χ4v) is 2.62. The van der Waals surface area contributed by atoms with Crippen LogP contribution in [-0.2, 0) is 16.0 Å². The zero-order chi connectivity index (χ0) is 15.4. The predicted octanol–water partition coefficient (Wildman–Crippen LogP) is 4.18. The van der Waals surface area contributed by atoms with Crippen LogP contribution in [0.3, 0.4) is 0 Å². The summed E-state index contributed by atoms with van der Waals surface area (Å²) in [5.74, 6) is -0.464. The van der Waals surface area contributed by atoms with E-state index < -0.39 is 0 Å². The lowest BCUT2D eigenvalue weighted by Gasteiger charge is -2.14.